The van der Waals surface area contributed by atoms with Crippen LogP contribution in [0.5, 0.6) is 5.75 Å². The molecule has 0 saturated heterocycles. The molecule has 0 radical (unpaired) electrons. The molecule has 0 bridgehead atoms. The highest BCUT2D eigenvalue weighted by Gasteiger charge is 2.33. The lowest BCUT2D eigenvalue weighted by molar-refractivity contribution is -0.113. The van der Waals surface area contributed by atoms with Crippen LogP contribution in [0.4, 0.5) is 11.6 Å². The van der Waals surface area contributed by atoms with Crippen LogP contribution in [-0.4, -0.2) is 25.8 Å². The second-order valence-corrected chi connectivity index (χ2v) is 6.01. The summed E-state index contributed by atoms with van der Waals surface area (Å²) in [4.78, 5) is 17.2. The highest BCUT2D eigenvalue weighted by molar-refractivity contribution is 6.06. The second-order valence-electron chi connectivity index (χ2n) is 6.01. The first-order valence-electron chi connectivity index (χ1n) is 8.16. The molecule has 1 aliphatic rings. The topological polar surface area (TPSA) is 92.1 Å². The molecule has 0 unspecified atom stereocenters. The van der Waals surface area contributed by atoms with E-state index < -0.39 is 6.04 Å². The first kappa shape index (κ1) is 15.9. The van der Waals surface area contributed by atoms with Gasteiger partial charge in [0, 0.05) is 11.4 Å². The fourth-order valence-corrected chi connectivity index (χ4v) is 3.07. The summed E-state index contributed by atoms with van der Waals surface area (Å²) in [6, 6.07) is 15.6. The molecule has 1 atom stereocenters. The number of para-hydroxylation sites is 1. The van der Waals surface area contributed by atoms with Gasteiger partial charge in [-0.25, -0.2) is 4.68 Å². The molecule has 2 aromatic carbocycles. The maximum absolute atomic E-state index is 13.0. The van der Waals surface area contributed by atoms with Crippen LogP contribution in [0.3, 0.4) is 0 Å². The van der Waals surface area contributed by atoms with Crippen LogP contribution in [0.2, 0.25) is 0 Å². The van der Waals surface area contributed by atoms with Crippen molar-refractivity contribution in [1.29, 1.82) is 0 Å². The lowest BCUT2D eigenvalue weighted by Crippen LogP contribution is -2.31. The van der Waals surface area contributed by atoms with Gasteiger partial charge in [-0.15, -0.1) is 0 Å². The summed E-state index contributed by atoms with van der Waals surface area (Å²) >= 11 is 0. The molecule has 2 heterocycles. The number of phenolic OH excluding ortho intramolecular Hbond substituents is 1. The second kappa shape index (κ2) is 6.36. The number of phenols is 1. The van der Waals surface area contributed by atoms with Crippen LogP contribution in [-0.2, 0) is 4.79 Å². The van der Waals surface area contributed by atoms with Gasteiger partial charge >= 0.3 is 0 Å². The number of benzene rings is 2. The van der Waals surface area contributed by atoms with Crippen molar-refractivity contribution >= 4 is 17.5 Å². The third-order valence-corrected chi connectivity index (χ3v) is 4.28. The molecule has 3 aromatic rings. The number of hydrogen-bond acceptors (Lipinski definition) is 5. The lowest BCUT2D eigenvalue weighted by Gasteiger charge is -2.28. The van der Waals surface area contributed by atoms with Crippen LogP contribution >= 0.6 is 0 Å². The van der Waals surface area contributed by atoms with Gasteiger partial charge in [0.15, 0.2) is 0 Å². The number of rotatable bonds is 3. The van der Waals surface area contributed by atoms with E-state index in [4.69, 9.17) is 0 Å². The zero-order valence-corrected chi connectivity index (χ0v) is 14.0. The van der Waals surface area contributed by atoms with Crippen molar-refractivity contribution in [3.8, 4) is 5.75 Å². The van der Waals surface area contributed by atoms with Crippen molar-refractivity contribution in [2.75, 3.05) is 10.6 Å². The standard InChI is InChI=1S/C19H17N5O2/c1-12-16(18(26)23-14-5-3-2-4-6-14)17(13-7-9-15(25)10-8-13)24-19(22-12)20-11-21-24/h2-11,17,25H,1H3,(H,23,26)(H,20,21,22)/t17-/m1/s1. The third kappa shape index (κ3) is 2.79. The minimum absolute atomic E-state index is 0.164. The summed E-state index contributed by atoms with van der Waals surface area (Å²) in [6.45, 7) is 1.84. The van der Waals surface area contributed by atoms with Gasteiger partial charge in [0.1, 0.15) is 18.1 Å². The first-order valence-corrected chi connectivity index (χ1v) is 8.16. The number of anilines is 2. The van der Waals surface area contributed by atoms with Crippen molar-refractivity contribution in [3.05, 3.63) is 77.8 Å². The summed E-state index contributed by atoms with van der Waals surface area (Å²) in [5, 5.41) is 19.9. The number of fused-ring (bicyclic) bond motifs is 1. The van der Waals surface area contributed by atoms with Gasteiger partial charge in [-0.3, -0.25) is 4.79 Å². The minimum atomic E-state index is -0.446. The molecule has 1 amide bonds. The largest absolute Gasteiger partial charge is 0.508 e. The summed E-state index contributed by atoms with van der Waals surface area (Å²) < 4.78 is 1.67. The van der Waals surface area contributed by atoms with Crippen molar-refractivity contribution in [2.45, 2.75) is 13.0 Å². The van der Waals surface area contributed by atoms with E-state index in [2.05, 4.69) is 20.7 Å². The summed E-state index contributed by atoms with van der Waals surface area (Å²) in [5.41, 5.74) is 2.79. The van der Waals surface area contributed by atoms with Crippen molar-refractivity contribution in [1.82, 2.24) is 14.8 Å². The SMILES string of the molecule is CC1=C(C(=O)Nc2ccccc2)[C@@H](c2ccc(O)cc2)n2ncnc2N1. The van der Waals surface area contributed by atoms with E-state index in [-0.39, 0.29) is 11.7 Å². The molecule has 1 aliphatic heterocycles. The molecule has 1 aromatic heterocycles. The van der Waals surface area contributed by atoms with Gasteiger partial charge in [-0.1, -0.05) is 30.3 Å². The van der Waals surface area contributed by atoms with Crippen LogP contribution in [0.15, 0.2) is 72.2 Å². The van der Waals surface area contributed by atoms with Gasteiger partial charge in [-0.2, -0.15) is 10.1 Å². The molecule has 0 spiro atoms. The van der Waals surface area contributed by atoms with E-state index in [1.54, 1.807) is 28.9 Å². The molecular weight excluding hydrogens is 330 g/mol. The number of aromatic hydroxyl groups is 1. The Bertz CT molecular complexity index is 977. The number of nitrogens with one attached hydrogen (secondary N) is 2. The lowest BCUT2D eigenvalue weighted by atomic mass is 9.95. The van der Waals surface area contributed by atoms with Crippen molar-refractivity contribution in [3.63, 3.8) is 0 Å². The Kier molecular flexibility index (Phi) is 3.89. The average molecular weight is 347 g/mol. The predicted octanol–water partition coefficient (Wildman–Crippen LogP) is 2.91. The summed E-state index contributed by atoms with van der Waals surface area (Å²) in [7, 11) is 0. The number of hydrogen-bond donors (Lipinski definition) is 3. The molecule has 7 heteroatoms. The van der Waals surface area contributed by atoms with Crippen molar-refractivity contribution < 1.29 is 9.90 Å². The van der Waals surface area contributed by atoms with Gasteiger partial charge < -0.3 is 15.7 Å². The number of carbonyl (C=O) groups is 1. The Labute approximate surface area is 150 Å². The zero-order valence-electron chi connectivity index (χ0n) is 14.0. The number of nitrogens with zero attached hydrogens (tertiary/aromatic N) is 3. The fraction of sp³-hybridized carbons (Fsp3) is 0.105. The van der Waals surface area contributed by atoms with Crippen LogP contribution in [0, 0.1) is 0 Å². The Hall–Kier alpha value is -3.61. The monoisotopic (exact) mass is 347 g/mol. The minimum Gasteiger partial charge on any atom is -0.508 e. The molecule has 4 rings (SSSR count). The zero-order chi connectivity index (χ0) is 18.1. The van der Waals surface area contributed by atoms with Crippen LogP contribution in [0.1, 0.15) is 18.5 Å². The first-order chi connectivity index (χ1) is 12.6. The normalized spacial score (nSPS) is 16.0. The highest BCUT2D eigenvalue weighted by atomic mass is 16.3. The van der Waals surface area contributed by atoms with Gasteiger partial charge in [0.25, 0.3) is 5.91 Å². The maximum atomic E-state index is 13.0. The molecule has 0 fully saturated rings. The summed E-state index contributed by atoms with van der Waals surface area (Å²) in [6.07, 6.45) is 1.45. The third-order valence-electron chi connectivity index (χ3n) is 4.28. The summed E-state index contributed by atoms with van der Waals surface area (Å²) in [5.74, 6) is 0.509. The quantitative estimate of drug-likeness (QED) is 0.677. The molecule has 0 saturated carbocycles. The van der Waals surface area contributed by atoms with E-state index in [9.17, 15) is 9.90 Å². The number of carbonyl (C=O) groups excluding carboxylic acids is 1. The Morgan fingerprint density at radius 3 is 2.62 bits per heavy atom. The van der Waals surface area contributed by atoms with Gasteiger partial charge in [0.05, 0.1) is 5.57 Å². The van der Waals surface area contributed by atoms with E-state index in [0.717, 1.165) is 5.56 Å². The van der Waals surface area contributed by atoms with E-state index in [0.29, 0.717) is 22.9 Å². The smallest absolute Gasteiger partial charge is 0.255 e. The fourth-order valence-electron chi connectivity index (χ4n) is 3.07. The van der Waals surface area contributed by atoms with Crippen LogP contribution < -0.4 is 10.6 Å². The Morgan fingerprint density at radius 2 is 1.88 bits per heavy atom. The molecule has 130 valence electrons. The van der Waals surface area contributed by atoms with E-state index >= 15 is 0 Å². The van der Waals surface area contributed by atoms with E-state index in [1.807, 2.05) is 37.3 Å². The predicted molar refractivity (Wildman–Crippen MR) is 97.7 cm³/mol. The number of aromatic nitrogens is 3. The number of amides is 1. The molecule has 3 N–H and O–H groups in total. The van der Waals surface area contributed by atoms with Gasteiger partial charge in [-0.05, 0) is 36.8 Å². The Balaban J connectivity index is 1.77. The highest BCUT2D eigenvalue weighted by Crippen LogP contribution is 2.35. The molecular formula is C19H17N5O2. The Morgan fingerprint density at radius 1 is 1.15 bits per heavy atom. The maximum Gasteiger partial charge on any atom is 0.255 e. The average Bonchev–Trinajstić information content (AvgIpc) is 3.10. The molecule has 0 aliphatic carbocycles. The van der Waals surface area contributed by atoms with Crippen LogP contribution in [0.25, 0.3) is 0 Å². The molecule has 26 heavy (non-hydrogen) atoms. The number of allylic oxidation sites excluding steroid dienone is 1. The molecule has 7 nitrogen and oxygen atoms in total. The van der Waals surface area contributed by atoms with E-state index in [1.165, 1.54) is 6.33 Å². The van der Waals surface area contributed by atoms with Crippen molar-refractivity contribution in [2.24, 2.45) is 0 Å². The van der Waals surface area contributed by atoms with Gasteiger partial charge in [0.2, 0.25) is 5.95 Å².